The number of likely N-dealkylation sites (tertiary alicyclic amines) is 1. The van der Waals surface area contributed by atoms with Gasteiger partial charge in [0.15, 0.2) is 0 Å². The highest BCUT2D eigenvalue weighted by Gasteiger charge is 2.42. The molecule has 4 heteroatoms. The fourth-order valence-corrected chi connectivity index (χ4v) is 3.40. The van der Waals surface area contributed by atoms with E-state index in [9.17, 15) is 4.79 Å². The molecule has 1 amide bonds. The summed E-state index contributed by atoms with van der Waals surface area (Å²) in [4.78, 5) is 16.7. The summed E-state index contributed by atoms with van der Waals surface area (Å²) in [6.07, 6.45) is 2.52. The molecule has 2 atom stereocenters. The van der Waals surface area contributed by atoms with Crippen LogP contribution >= 0.6 is 0 Å². The summed E-state index contributed by atoms with van der Waals surface area (Å²) in [6, 6.07) is 0.0462. The second-order valence-electron chi connectivity index (χ2n) is 5.83. The molecule has 0 aromatic heterocycles. The van der Waals surface area contributed by atoms with Crippen molar-refractivity contribution < 1.29 is 4.79 Å². The Bertz CT molecular complexity index is 295. The minimum Gasteiger partial charge on any atom is -0.342 e. The summed E-state index contributed by atoms with van der Waals surface area (Å²) in [5.74, 6) is 0.294. The first kappa shape index (κ1) is 13.8. The maximum absolute atomic E-state index is 12.4. The standard InChI is InChI=1S/C14H27N3O/c1-4-16(5-2)13(18)12(3)17-9-7-14(11-17)6-8-15-10-14/h12,15H,4-11H2,1-3H3. The Labute approximate surface area is 111 Å². The molecular formula is C14H27N3O. The summed E-state index contributed by atoms with van der Waals surface area (Å²) in [6.45, 7) is 12.3. The molecule has 0 radical (unpaired) electrons. The number of nitrogens with one attached hydrogen (secondary N) is 1. The zero-order valence-electron chi connectivity index (χ0n) is 12.0. The minimum atomic E-state index is 0.0462. The van der Waals surface area contributed by atoms with Crippen molar-refractivity contribution in [3.05, 3.63) is 0 Å². The van der Waals surface area contributed by atoms with E-state index in [-0.39, 0.29) is 6.04 Å². The van der Waals surface area contributed by atoms with E-state index in [1.807, 2.05) is 4.90 Å². The van der Waals surface area contributed by atoms with Crippen molar-refractivity contribution in [3.63, 3.8) is 0 Å². The van der Waals surface area contributed by atoms with Crippen LogP contribution in [0, 0.1) is 5.41 Å². The minimum absolute atomic E-state index is 0.0462. The number of carbonyl (C=O) groups is 1. The number of likely N-dealkylation sites (N-methyl/N-ethyl adjacent to an activating group) is 1. The molecule has 0 bridgehead atoms. The van der Waals surface area contributed by atoms with Crippen molar-refractivity contribution in [2.45, 2.75) is 39.7 Å². The van der Waals surface area contributed by atoms with Gasteiger partial charge in [0, 0.05) is 26.2 Å². The van der Waals surface area contributed by atoms with Gasteiger partial charge in [0.05, 0.1) is 6.04 Å². The molecule has 0 aromatic carbocycles. The Morgan fingerprint density at radius 3 is 2.67 bits per heavy atom. The predicted molar refractivity (Wildman–Crippen MR) is 73.5 cm³/mol. The summed E-state index contributed by atoms with van der Waals surface area (Å²) >= 11 is 0. The molecule has 0 saturated carbocycles. The average molecular weight is 253 g/mol. The van der Waals surface area contributed by atoms with E-state index in [1.165, 1.54) is 12.8 Å². The highest BCUT2D eigenvalue weighted by Crippen LogP contribution is 2.36. The lowest BCUT2D eigenvalue weighted by Crippen LogP contribution is -2.47. The second kappa shape index (κ2) is 5.57. The number of rotatable bonds is 4. The Morgan fingerprint density at radius 2 is 2.11 bits per heavy atom. The number of carbonyl (C=O) groups excluding carboxylic acids is 1. The first-order chi connectivity index (χ1) is 8.62. The molecular weight excluding hydrogens is 226 g/mol. The Morgan fingerprint density at radius 1 is 1.39 bits per heavy atom. The number of nitrogens with zero attached hydrogens (tertiary/aromatic N) is 2. The molecule has 2 saturated heterocycles. The van der Waals surface area contributed by atoms with Gasteiger partial charge in [-0.15, -0.1) is 0 Å². The second-order valence-corrected chi connectivity index (χ2v) is 5.83. The Hall–Kier alpha value is -0.610. The molecule has 1 spiro atoms. The third-order valence-corrected chi connectivity index (χ3v) is 4.78. The first-order valence-electron chi connectivity index (χ1n) is 7.35. The van der Waals surface area contributed by atoms with Crippen LogP contribution in [0.3, 0.4) is 0 Å². The normalized spacial score (nSPS) is 29.9. The van der Waals surface area contributed by atoms with Crippen LogP contribution < -0.4 is 5.32 Å². The maximum Gasteiger partial charge on any atom is 0.239 e. The van der Waals surface area contributed by atoms with E-state index >= 15 is 0 Å². The SMILES string of the molecule is CCN(CC)C(=O)C(C)N1CCC2(CCNC2)C1. The number of hydrogen-bond acceptors (Lipinski definition) is 3. The van der Waals surface area contributed by atoms with Gasteiger partial charge < -0.3 is 10.2 Å². The van der Waals surface area contributed by atoms with Gasteiger partial charge in [-0.25, -0.2) is 0 Å². The zero-order valence-corrected chi connectivity index (χ0v) is 12.0. The monoisotopic (exact) mass is 253 g/mol. The van der Waals surface area contributed by atoms with E-state index < -0.39 is 0 Å². The van der Waals surface area contributed by atoms with Crippen molar-refractivity contribution >= 4 is 5.91 Å². The van der Waals surface area contributed by atoms with Gasteiger partial charge in [-0.3, -0.25) is 9.69 Å². The smallest absolute Gasteiger partial charge is 0.239 e. The van der Waals surface area contributed by atoms with Gasteiger partial charge >= 0.3 is 0 Å². The molecule has 2 aliphatic heterocycles. The third kappa shape index (κ3) is 2.54. The van der Waals surface area contributed by atoms with Crippen molar-refractivity contribution in [3.8, 4) is 0 Å². The summed E-state index contributed by atoms with van der Waals surface area (Å²) < 4.78 is 0. The molecule has 2 aliphatic rings. The topological polar surface area (TPSA) is 35.6 Å². The Balaban J connectivity index is 1.94. The largest absolute Gasteiger partial charge is 0.342 e. The fraction of sp³-hybridized carbons (Fsp3) is 0.929. The molecule has 1 N–H and O–H groups in total. The van der Waals surface area contributed by atoms with Crippen LogP contribution in [0.15, 0.2) is 0 Å². The summed E-state index contributed by atoms with van der Waals surface area (Å²) in [5, 5.41) is 3.47. The molecule has 4 nitrogen and oxygen atoms in total. The van der Waals surface area contributed by atoms with Gasteiger partial charge in [-0.05, 0) is 52.1 Å². The highest BCUT2D eigenvalue weighted by atomic mass is 16.2. The van der Waals surface area contributed by atoms with Crippen molar-refractivity contribution in [2.75, 3.05) is 39.3 Å². The Kier molecular flexibility index (Phi) is 4.28. The van der Waals surface area contributed by atoms with Crippen LogP contribution in [0.2, 0.25) is 0 Å². The predicted octanol–water partition coefficient (Wildman–Crippen LogP) is 0.929. The third-order valence-electron chi connectivity index (χ3n) is 4.78. The zero-order chi connectivity index (χ0) is 13.2. The molecule has 104 valence electrons. The van der Waals surface area contributed by atoms with E-state index in [0.29, 0.717) is 11.3 Å². The summed E-state index contributed by atoms with van der Waals surface area (Å²) in [5.41, 5.74) is 0.456. The van der Waals surface area contributed by atoms with Crippen molar-refractivity contribution in [1.29, 1.82) is 0 Å². The van der Waals surface area contributed by atoms with Crippen LogP contribution in [0.4, 0.5) is 0 Å². The quantitative estimate of drug-likeness (QED) is 0.809. The van der Waals surface area contributed by atoms with Crippen LogP contribution in [-0.2, 0) is 4.79 Å². The van der Waals surface area contributed by atoms with Crippen LogP contribution in [0.25, 0.3) is 0 Å². The summed E-state index contributed by atoms with van der Waals surface area (Å²) in [7, 11) is 0. The van der Waals surface area contributed by atoms with Crippen LogP contribution in [-0.4, -0.2) is 61.0 Å². The molecule has 0 aromatic rings. The number of hydrogen-bond donors (Lipinski definition) is 1. The van der Waals surface area contributed by atoms with Gasteiger partial charge in [-0.1, -0.05) is 0 Å². The van der Waals surface area contributed by atoms with Gasteiger partial charge in [0.2, 0.25) is 5.91 Å². The van der Waals surface area contributed by atoms with Gasteiger partial charge in [0.1, 0.15) is 0 Å². The lowest BCUT2D eigenvalue weighted by atomic mass is 9.86. The molecule has 0 aliphatic carbocycles. The average Bonchev–Trinajstić information content (AvgIpc) is 3.01. The maximum atomic E-state index is 12.4. The van der Waals surface area contributed by atoms with Crippen LogP contribution in [0.1, 0.15) is 33.6 Å². The lowest BCUT2D eigenvalue weighted by molar-refractivity contribution is -0.135. The van der Waals surface area contributed by atoms with Crippen molar-refractivity contribution in [2.24, 2.45) is 5.41 Å². The van der Waals surface area contributed by atoms with Crippen molar-refractivity contribution in [1.82, 2.24) is 15.1 Å². The van der Waals surface area contributed by atoms with E-state index in [4.69, 9.17) is 0 Å². The van der Waals surface area contributed by atoms with E-state index in [1.54, 1.807) is 0 Å². The molecule has 18 heavy (non-hydrogen) atoms. The molecule has 2 rings (SSSR count). The highest BCUT2D eigenvalue weighted by molar-refractivity contribution is 5.81. The van der Waals surface area contributed by atoms with E-state index in [0.717, 1.165) is 39.3 Å². The van der Waals surface area contributed by atoms with Crippen LogP contribution in [0.5, 0.6) is 0 Å². The molecule has 2 heterocycles. The molecule has 2 unspecified atom stereocenters. The molecule has 2 fully saturated rings. The fourth-order valence-electron chi connectivity index (χ4n) is 3.40. The van der Waals surface area contributed by atoms with E-state index in [2.05, 4.69) is 31.0 Å². The number of amides is 1. The van der Waals surface area contributed by atoms with Gasteiger partial charge in [0.25, 0.3) is 0 Å². The lowest BCUT2D eigenvalue weighted by Gasteiger charge is -2.30. The van der Waals surface area contributed by atoms with Gasteiger partial charge in [-0.2, -0.15) is 0 Å². The first-order valence-corrected chi connectivity index (χ1v) is 7.35.